The van der Waals surface area contributed by atoms with Gasteiger partial charge in [0.05, 0.1) is 25.5 Å². The number of imide groups is 1. The third-order valence-corrected chi connectivity index (χ3v) is 5.56. The molecule has 1 aromatic heterocycles. The maximum absolute atomic E-state index is 12.8. The third kappa shape index (κ3) is 4.83. The zero-order valence-corrected chi connectivity index (χ0v) is 19.8. The molecular formula is C26H23N3O7. The van der Waals surface area contributed by atoms with Gasteiger partial charge in [-0.1, -0.05) is 24.3 Å². The lowest BCUT2D eigenvalue weighted by atomic mass is 10.0. The molecule has 1 aliphatic rings. The number of hydrogen-bond acceptors (Lipinski definition) is 7. The Hall–Kier alpha value is -4.86. The Balaban J connectivity index is 1.49. The highest BCUT2D eigenvalue weighted by atomic mass is 16.5. The highest BCUT2D eigenvalue weighted by Gasteiger charge is 2.35. The van der Waals surface area contributed by atoms with Crippen LogP contribution in [0.4, 0.5) is 10.5 Å². The first-order chi connectivity index (χ1) is 17.3. The van der Waals surface area contributed by atoms with Gasteiger partial charge in [0.2, 0.25) is 5.91 Å². The number of carbonyl (C=O) groups is 4. The van der Waals surface area contributed by atoms with E-state index >= 15 is 0 Å². The Morgan fingerprint density at radius 3 is 2.58 bits per heavy atom. The number of furan rings is 1. The largest absolute Gasteiger partial charge is 0.495 e. The molecule has 10 heteroatoms. The third-order valence-electron chi connectivity index (χ3n) is 5.56. The molecule has 4 rings (SSSR count). The Morgan fingerprint density at radius 1 is 1.06 bits per heavy atom. The van der Waals surface area contributed by atoms with Crippen LogP contribution in [-0.2, 0) is 14.3 Å². The van der Waals surface area contributed by atoms with E-state index in [-0.39, 0.29) is 5.70 Å². The van der Waals surface area contributed by atoms with Crippen LogP contribution in [0.25, 0.3) is 17.4 Å². The number of ether oxygens (including phenoxy) is 2. The number of hydrogen-bond donors (Lipinski definition) is 2. The maximum atomic E-state index is 12.8. The van der Waals surface area contributed by atoms with Gasteiger partial charge in [-0.15, -0.1) is 0 Å². The first-order valence-corrected chi connectivity index (χ1v) is 10.9. The van der Waals surface area contributed by atoms with Crippen molar-refractivity contribution in [1.29, 1.82) is 0 Å². The maximum Gasteiger partial charge on any atom is 0.338 e. The van der Waals surface area contributed by atoms with Crippen molar-refractivity contribution in [3.63, 3.8) is 0 Å². The SMILES string of the molecule is COC(=O)c1cccc(-c2ccc(/C=C3/NC(=O)N(CC(=O)Nc4ccccc4OC)C3=O)o2)c1C. The normalized spacial score (nSPS) is 14.1. The van der Waals surface area contributed by atoms with Crippen LogP contribution in [0.2, 0.25) is 0 Å². The van der Waals surface area contributed by atoms with Crippen molar-refractivity contribution in [2.24, 2.45) is 0 Å². The van der Waals surface area contributed by atoms with Gasteiger partial charge in [-0.05, 0) is 42.8 Å². The van der Waals surface area contributed by atoms with Gasteiger partial charge in [0.1, 0.15) is 29.5 Å². The number of amides is 4. The minimum Gasteiger partial charge on any atom is -0.495 e. The average Bonchev–Trinajstić information content (AvgIpc) is 3.44. The zero-order valence-electron chi connectivity index (χ0n) is 19.8. The second-order valence-corrected chi connectivity index (χ2v) is 7.80. The van der Waals surface area contributed by atoms with Gasteiger partial charge in [0.25, 0.3) is 5.91 Å². The lowest BCUT2D eigenvalue weighted by Crippen LogP contribution is -2.38. The van der Waals surface area contributed by atoms with Gasteiger partial charge in [-0.3, -0.25) is 9.59 Å². The number of anilines is 1. The van der Waals surface area contributed by atoms with E-state index in [4.69, 9.17) is 13.9 Å². The summed E-state index contributed by atoms with van der Waals surface area (Å²) in [5.74, 6) is -0.476. The number of rotatable bonds is 7. The highest BCUT2D eigenvalue weighted by molar-refractivity contribution is 6.15. The lowest BCUT2D eigenvalue weighted by molar-refractivity contribution is -0.127. The van der Waals surface area contributed by atoms with Crippen molar-refractivity contribution in [3.05, 3.63) is 77.2 Å². The summed E-state index contributed by atoms with van der Waals surface area (Å²) >= 11 is 0. The topological polar surface area (TPSA) is 127 Å². The summed E-state index contributed by atoms with van der Waals surface area (Å²) in [5.41, 5.74) is 2.15. The predicted octanol–water partition coefficient (Wildman–Crippen LogP) is 3.58. The van der Waals surface area contributed by atoms with Crippen molar-refractivity contribution in [2.45, 2.75) is 6.92 Å². The number of methoxy groups -OCH3 is 2. The van der Waals surface area contributed by atoms with Crippen molar-refractivity contribution < 1.29 is 33.1 Å². The van der Waals surface area contributed by atoms with E-state index < -0.39 is 30.4 Å². The summed E-state index contributed by atoms with van der Waals surface area (Å²) in [6.07, 6.45) is 1.38. The molecule has 36 heavy (non-hydrogen) atoms. The Kier molecular flexibility index (Phi) is 6.86. The molecule has 10 nitrogen and oxygen atoms in total. The van der Waals surface area contributed by atoms with Gasteiger partial charge < -0.3 is 24.5 Å². The molecule has 0 spiro atoms. The van der Waals surface area contributed by atoms with E-state index in [9.17, 15) is 19.2 Å². The molecule has 2 aromatic carbocycles. The van der Waals surface area contributed by atoms with Crippen molar-refractivity contribution in [2.75, 3.05) is 26.1 Å². The van der Waals surface area contributed by atoms with E-state index in [0.717, 1.165) is 4.90 Å². The quantitative estimate of drug-likeness (QED) is 0.295. The molecule has 2 N–H and O–H groups in total. The average molecular weight is 489 g/mol. The van der Waals surface area contributed by atoms with Crippen LogP contribution >= 0.6 is 0 Å². The second kappa shape index (κ2) is 10.2. The molecule has 1 saturated heterocycles. The van der Waals surface area contributed by atoms with Gasteiger partial charge in [-0.2, -0.15) is 0 Å². The molecule has 184 valence electrons. The van der Waals surface area contributed by atoms with Crippen LogP contribution in [0.15, 0.2) is 64.7 Å². The number of urea groups is 1. The molecule has 3 aromatic rings. The fraction of sp³-hybridized carbons (Fsp3) is 0.154. The molecule has 2 heterocycles. The summed E-state index contributed by atoms with van der Waals surface area (Å²) in [4.78, 5) is 50.4. The van der Waals surface area contributed by atoms with Crippen molar-refractivity contribution in [1.82, 2.24) is 10.2 Å². The Bertz CT molecular complexity index is 1390. The number of nitrogens with one attached hydrogen (secondary N) is 2. The van der Waals surface area contributed by atoms with E-state index in [1.165, 1.54) is 20.3 Å². The summed E-state index contributed by atoms with van der Waals surface area (Å²) in [7, 11) is 2.78. The Labute approximate surface area is 206 Å². The van der Waals surface area contributed by atoms with Gasteiger partial charge >= 0.3 is 12.0 Å². The number of nitrogens with zero attached hydrogens (tertiary/aromatic N) is 1. The monoisotopic (exact) mass is 489 g/mol. The van der Waals surface area contributed by atoms with Crippen LogP contribution < -0.4 is 15.4 Å². The first kappa shape index (κ1) is 24.3. The smallest absolute Gasteiger partial charge is 0.338 e. The molecule has 1 aliphatic heterocycles. The van der Waals surface area contributed by atoms with E-state index in [2.05, 4.69) is 10.6 Å². The van der Waals surface area contributed by atoms with Crippen LogP contribution in [0.1, 0.15) is 21.7 Å². The molecule has 0 aliphatic carbocycles. The van der Waals surface area contributed by atoms with Gasteiger partial charge in [-0.25, -0.2) is 14.5 Å². The van der Waals surface area contributed by atoms with Crippen LogP contribution in [-0.4, -0.2) is 49.5 Å². The van der Waals surface area contributed by atoms with Crippen LogP contribution in [0.5, 0.6) is 5.75 Å². The molecule has 0 bridgehead atoms. The summed E-state index contributed by atoms with van der Waals surface area (Å²) in [6, 6.07) is 14.5. The van der Waals surface area contributed by atoms with Crippen molar-refractivity contribution in [3.8, 4) is 17.1 Å². The van der Waals surface area contributed by atoms with E-state index in [1.807, 2.05) is 0 Å². The van der Waals surface area contributed by atoms with E-state index in [1.54, 1.807) is 61.5 Å². The van der Waals surface area contributed by atoms with Crippen molar-refractivity contribution >= 4 is 35.6 Å². The summed E-state index contributed by atoms with van der Waals surface area (Å²) in [5, 5.41) is 5.09. The number of para-hydroxylation sites is 2. The fourth-order valence-electron chi connectivity index (χ4n) is 3.75. The minimum atomic E-state index is -0.727. The first-order valence-electron chi connectivity index (χ1n) is 10.9. The van der Waals surface area contributed by atoms with Gasteiger partial charge in [0, 0.05) is 11.6 Å². The molecule has 0 saturated carbocycles. The summed E-state index contributed by atoms with van der Waals surface area (Å²) in [6.45, 7) is 1.29. The molecule has 4 amide bonds. The van der Waals surface area contributed by atoms with E-state index in [0.29, 0.717) is 39.6 Å². The predicted molar refractivity (Wildman–Crippen MR) is 130 cm³/mol. The molecule has 0 atom stereocenters. The number of carbonyl (C=O) groups excluding carboxylic acids is 4. The molecular weight excluding hydrogens is 466 g/mol. The van der Waals surface area contributed by atoms with Crippen LogP contribution in [0, 0.1) is 6.92 Å². The molecule has 1 fully saturated rings. The highest BCUT2D eigenvalue weighted by Crippen LogP contribution is 2.29. The minimum absolute atomic E-state index is 0.0361. The standard InChI is InChI=1S/C26H23N3O7/c1-15-17(7-6-8-18(15)25(32)35-3)21-12-11-16(36-21)13-20-24(31)29(26(33)28-20)14-23(30)27-19-9-4-5-10-22(19)34-2/h4-13H,14H2,1-3H3,(H,27,30)(H,28,33)/b20-13+. The fourth-order valence-corrected chi connectivity index (χ4v) is 3.75. The molecule has 0 radical (unpaired) electrons. The van der Waals surface area contributed by atoms with Gasteiger partial charge in [0.15, 0.2) is 0 Å². The zero-order chi connectivity index (χ0) is 25.8. The second-order valence-electron chi connectivity index (χ2n) is 7.80. The molecule has 0 unspecified atom stereocenters. The Morgan fingerprint density at radius 2 is 1.83 bits per heavy atom. The lowest BCUT2D eigenvalue weighted by Gasteiger charge is -2.13. The van der Waals surface area contributed by atoms with Crippen LogP contribution in [0.3, 0.4) is 0 Å². The number of benzene rings is 2. The summed E-state index contributed by atoms with van der Waals surface area (Å²) < 4.78 is 15.8. The number of esters is 1.